The van der Waals surface area contributed by atoms with Gasteiger partial charge in [0.1, 0.15) is 11.5 Å². The second kappa shape index (κ2) is 5.48. The lowest BCUT2D eigenvalue weighted by Gasteiger charge is -2.06. The summed E-state index contributed by atoms with van der Waals surface area (Å²) >= 11 is 0. The fourth-order valence-electron chi connectivity index (χ4n) is 1.67. The Labute approximate surface area is 113 Å². The first-order chi connectivity index (χ1) is 9.52. The molecule has 0 saturated heterocycles. The van der Waals surface area contributed by atoms with Crippen LogP contribution in [0.25, 0.3) is 11.3 Å². The number of pyridine rings is 1. The van der Waals surface area contributed by atoms with Crippen LogP contribution in [0.1, 0.15) is 20.8 Å². The summed E-state index contributed by atoms with van der Waals surface area (Å²) < 4.78 is 18.4. The van der Waals surface area contributed by atoms with Crippen molar-refractivity contribution in [1.29, 1.82) is 0 Å². The highest BCUT2D eigenvalue weighted by molar-refractivity contribution is 5.91. The summed E-state index contributed by atoms with van der Waals surface area (Å²) in [5.41, 5.74) is 0.126. The third-order valence-electron chi connectivity index (χ3n) is 2.63. The van der Waals surface area contributed by atoms with E-state index in [2.05, 4.69) is 9.72 Å². The van der Waals surface area contributed by atoms with E-state index < -0.39 is 17.8 Å². The molecule has 0 saturated carbocycles. The minimum atomic E-state index is -1.21. The Balaban J connectivity index is 2.54. The molecule has 0 atom stereocenters. The highest BCUT2D eigenvalue weighted by Crippen LogP contribution is 2.23. The highest BCUT2D eigenvalue weighted by Gasteiger charge is 2.14. The Bertz CT molecular complexity index is 685. The Kier molecular flexibility index (Phi) is 3.74. The number of ether oxygens (including phenoxy) is 1. The molecule has 5 nitrogen and oxygen atoms in total. The molecule has 0 bridgehead atoms. The van der Waals surface area contributed by atoms with Crippen LogP contribution in [0.4, 0.5) is 4.39 Å². The van der Waals surface area contributed by atoms with Crippen LogP contribution < -0.4 is 0 Å². The minimum Gasteiger partial charge on any atom is -0.477 e. The van der Waals surface area contributed by atoms with Crippen LogP contribution in [0.3, 0.4) is 0 Å². The van der Waals surface area contributed by atoms with E-state index in [1.807, 2.05) is 0 Å². The number of carboxylic acids is 1. The number of halogens is 1. The van der Waals surface area contributed by atoms with Crippen LogP contribution in [-0.2, 0) is 4.74 Å². The van der Waals surface area contributed by atoms with E-state index in [1.54, 1.807) is 0 Å². The fourth-order valence-corrected chi connectivity index (χ4v) is 1.67. The number of aromatic carboxylic acids is 1. The Morgan fingerprint density at radius 2 is 2.00 bits per heavy atom. The Morgan fingerprint density at radius 3 is 2.65 bits per heavy atom. The standard InChI is InChI=1S/C14H10FNO4/c1-20-14(19)8-5-6-10(15)9(7-8)11-3-2-4-12(16-11)13(17)18/h2-7H,1H3,(H,17,18). The van der Waals surface area contributed by atoms with Crippen molar-refractivity contribution in [3.63, 3.8) is 0 Å². The topological polar surface area (TPSA) is 76.5 Å². The zero-order chi connectivity index (χ0) is 14.7. The van der Waals surface area contributed by atoms with E-state index in [0.717, 1.165) is 6.07 Å². The molecule has 0 aliphatic carbocycles. The van der Waals surface area contributed by atoms with E-state index in [1.165, 1.54) is 37.4 Å². The number of hydrogen-bond donors (Lipinski definition) is 1. The average Bonchev–Trinajstić information content (AvgIpc) is 2.47. The summed E-state index contributed by atoms with van der Waals surface area (Å²) in [5, 5.41) is 8.88. The summed E-state index contributed by atoms with van der Waals surface area (Å²) in [6.45, 7) is 0. The maximum absolute atomic E-state index is 13.8. The van der Waals surface area contributed by atoms with Gasteiger partial charge in [0.25, 0.3) is 0 Å². The van der Waals surface area contributed by atoms with Crippen molar-refractivity contribution >= 4 is 11.9 Å². The maximum atomic E-state index is 13.8. The number of aromatic nitrogens is 1. The molecule has 0 radical (unpaired) electrons. The first-order valence-corrected chi connectivity index (χ1v) is 5.61. The number of esters is 1. The molecule has 6 heteroatoms. The normalized spacial score (nSPS) is 10.1. The van der Waals surface area contributed by atoms with Crippen LogP contribution in [0.5, 0.6) is 0 Å². The molecular weight excluding hydrogens is 265 g/mol. The van der Waals surface area contributed by atoms with Crippen molar-refractivity contribution in [3.05, 3.63) is 53.5 Å². The third-order valence-corrected chi connectivity index (χ3v) is 2.63. The zero-order valence-corrected chi connectivity index (χ0v) is 10.5. The lowest BCUT2D eigenvalue weighted by Crippen LogP contribution is -2.04. The van der Waals surface area contributed by atoms with Crippen LogP contribution in [0, 0.1) is 5.82 Å². The number of benzene rings is 1. The lowest BCUT2D eigenvalue weighted by molar-refractivity contribution is 0.0599. The van der Waals surface area contributed by atoms with Gasteiger partial charge >= 0.3 is 11.9 Å². The summed E-state index contributed by atoms with van der Waals surface area (Å²) in [7, 11) is 1.22. The first kappa shape index (κ1) is 13.7. The van der Waals surface area contributed by atoms with Gasteiger partial charge in [-0.1, -0.05) is 6.07 Å². The van der Waals surface area contributed by atoms with E-state index in [4.69, 9.17) is 5.11 Å². The molecule has 0 spiro atoms. The van der Waals surface area contributed by atoms with Crippen LogP contribution in [-0.4, -0.2) is 29.1 Å². The molecule has 0 fully saturated rings. The molecule has 1 aromatic carbocycles. The minimum absolute atomic E-state index is 0.0380. The van der Waals surface area contributed by atoms with Gasteiger partial charge in [-0.3, -0.25) is 0 Å². The summed E-state index contributed by atoms with van der Waals surface area (Å²) in [5.74, 6) is -2.43. The maximum Gasteiger partial charge on any atom is 0.354 e. The van der Waals surface area contributed by atoms with Gasteiger partial charge in [-0.2, -0.15) is 0 Å². The highest BCUT2D eigenvalue weighted by atomic mass is 19.1. The quantitative estimate of drug-likeness (QED) is 0.870. The molecule has 1 aromatic heterocycles. The molecule has 20 heavy (non-hydrogen) atoms. The second-order valence-electron chi connectivity index (χ2n) is 3.90. The number of methoxy groups -OCH3 is 1. The largest absolute Gasteiger partial charge is 0.477 e. The Morgan fingerprint density at radius 1 is 1.25 bits per heavy atom. The first-order valence-electron chi connectivity index (χ1n) is 5.61. The summed E-state index contributed by atoms with van der Waals surface area (Å²) in [4.78, 5) is 26.1. The second-order valence-corrected chi connectivity index (χ2v) is 3.90. The molecule has 102 valence electrons. The molecule has 0 aliphatic heterocycles. The monoisotopic (exact) mass is 275 g/mol. The number of carbonyl (C=O) groups excluding carboxylic acids is 1. The fraction of sp³-hybridized carbons (Fsp3) is 0.0714. The zero-order valence-electron chi connectivity index (χ0n) is 10.5. The van der Waals surface area contributed by atoms with Crippen molar-refractivity contribution in [2.24, 2.45) is 0 Å². The lowest BCUT2D eigenvalue weighted by atomic mass is 10.1. The molecule has 0 aliphatic rings. The molecule has 2 rings (SSSR count). The number of hydrogen-bond acceptors (Lipinski definition) is 4. The predicted octanol–water partition coefficient (Wildman–Crippen LogP) is 2.37. The van der Waals surface area contributed by atoms with Crippen LogP contribution >= 0.6 is 0 Å². The number of carboxylic acid groups (broad SMARTS) is 1. The van der Waals surface area contributed by atoms with E-state index in [-0.39, 0.29) is 22.5 Å². The van der Waals surface area contributed by atoms with Crippen molar-refractivity contribution < 1.29 is 23.8 Å². The van der Waals surface area contributed by atoms with Crippen molar-refractivity contribution in [2.75, 3.05) is 7.11 Å². The van der Waals surface area contributed by atoms with Gasteiger partial charge < -0.3 is 9.84 Å². The van der Waals surface area contributed by atoms with Gasteiger partial charge in [-0.25, -0.2) is 19.0 Å². The third kappa shape index (κ3) is 2.64. The van der Waals surface area contributed by atoms with Crippen molar-refractivity contribution in [3.8, 4) is 11.3 Å². The molecule has 1 N–H and O–H groups in total. The summed E-state index contributed by atoms with van der Waals surface area (Å²) in [6.07, 6.45) is 0. The van der Waals surface area contributed by atoms with Gasteiger partial charge in [0.15, 0.2) is 0 Å². The molecular formula is C14H10FNO4. The van der Waals surface area contributed by atoms with Gasteiger partial charge in [0.2, 0.25) is 0 Å². The van der Waals surface area contributed by atoms with E-state index in [9.17, 15) is 14.0 Å². The number of carbonyl (C=O) groups is 2. The van der Waals surface area contributed by atoms with E-state index >= 15 is 0 Å². The molecule has 0 unspecified atom stereocenters. The predicted molar refractivity (Wildman–Crippen MR) is 67.9 cm³/mol. The Hall–Kier alpha value is -2.76. The SMILES string of the molecule is COC(=O)c1ccc(F)c(-c2cccc(C(=O)O)n2)c1. The van der Waals surface area contributed by atoms with Crippen LogP contribution in [0.2, 0.25) is 0 Å². The van der Waals surface area contributed by atoms with Gasteiger partial charge in [0, 0.05) is 5.56 Å². The molecule has 2 aromatic rings. The molecule has 0 amide bonds. The smallest absolute Gasteiger partial charge is 0.354 e. The van der Waals surface area contributed by atoms with Gasteiger partial charge in [-0.05, 0) is 30.3 Å². The average molecular weight is 275 g/mol. The van der Waals surface area contributed by atoms with Crippen LogP contribution in [0.15, 0.2) is 36.4 Å². The van der Waals surface area contributed by atoms with Crippen molar-refractivity contribution in [2.45, 2.75) is 0 Å². The van der Waals surface area contributed by atoms with Gasteiger partial charge in [-0.15, -0.1) is 0 Å². The van der Waals surface area contributed by atoms with Crippen molar-refractivity contribution in [1.82, 2.24) is 4.98 Å². The summed E-state index contributed by atoms with van der Waals surface area (Å²) in [6, 6.07) is 7.88. The number of rotatable bonds is 3. The number of nitrogens with zero attached hydrogens (tertiary/aromatic N) is 1. The van der Waals surface area contributed by atoms with E-state index in [0.29, 0.717) is 0 Å². The van der Waals surface area contributed by atoms with Gasteiger partial charge in [0.05, 0.1) is 18.4 Å². The molecule has 1 heterocycles.